The van der Waals surface area contributed by atoms with Crippen molar-refractivity contribution in [1.82, 2.24) is 9.47 Å². The Morgan fingerprint density at radius 1 is 1.27 bits per heavy atom. The number of anilines is 1. The van der Waals surface area contributed by atoms with E-state index in [4.69, 9.17) is 10.5 Å². The molecule has 1 aliphatic heterocycles. The maximum atomic E-state index is 12.2. The normalized spacial score (nSPS) is 14.7. The molecule has 162 valence electrons. The first-order valence-electron chi connectivity index (χ1n) is 10.1. The van der Waals surface area contributed by atoms with Crippen molar-refractivity contribution < 1.29 is 24.2 Å². The molecular weight excluding hydrogens is 388 g/mol. The molecule has 2 heterocycles. The Balaban J connectivity index is 1.91. The first kappa shape index (κ1) is 21.5. The monoisotopic (exact) mass is 416 g/mol. The summed E-state index contributed by atoms with van der Waals surface area (Å²) in [6.45, 7) is 3.15. The molecule has 1 aliphatic rings. The van der Waals surface area contributed by atoms with E-state index >= 15 is 0 Å². The molecule has 0 aliphatic carbocycles. The molecule has 1 aromatic carbocycles. The topological polar surface area (TPSA) is 118 Å². The number of para-hydroxylation sites is 1. The maximum absolute atomic E-state index is 12.2. The van der Waals surface area contributed by atoms with E-state index in [0.717, 1.165) is 29.3 Å². The highest BCUT2D eigenvalue weighted by molar-refractivity contribution is 6.03. The average Bonchev–Trinajstić information content (AvgIpc) is 3.05. The van der Waals surface area contributed by atoms with E-state index in [-0.39, 0.29) is 31.5 Å². The number of carbonyl (C=O) groups excluding carboxylic acids is 2. The van der Waals surface area contributed by atoms with Crippen molar-refractivity contribution in [3.63, 3.8) is 0 Å². The molecule has 9 nitrogen and oxygen atoms in total. The van der Waals surface area contributed by atoms with Gasteiger partial charge in [0, 0.05) is 38.3 Å². The highest BCUT2D eigenvalue weighted by Crippen LogP contribution is 2.37. The number of primary amides is 1. The Bertz CT molecular complexity index is 946. The highest BCUT2D eigenvalue weighted by atomic mass is 16.5. The molecule has 2 aromatic rings. The number of carboxylic acid groups (broad SMARTS) is 1. The van der Waals surface area contributed by atoms with Crippen LogP contribution in [0.1, 0.15) is 37.7 Å². The van der Waals surface area contributed by atoms with Crippen LogP contribution in [-0.2, 0) is 16.6 Å². The van der Waals surface area contributed by atoms with Gasteiger partial charge >= 0.3 is 18.1 Å². The summed E-state index contributed by atoms with van der Waals surface area (Å²) in [4.78, 5) is 38.0. The fourth-order valence-corrected chi connectivity index (χ4v) is 4.19. The summed E-state index contributed by atoms with van der Waals surface area (Å²) in [5.74, 6) is -0.144. The summed E-state index contributed by atoms with van der Waals surface area (Å²) >= 11 is 0. The predicted molar refractivity (Wildman–Crippen MR) is 113 cm³/mol. The number of amides is 3. The van der Waals surface area contributed by atoms with Crippen molar-refractivity contribution in [1.29, 1.82) is 0 Å². The minimum absolute atomic E-state index is 0.0537. The SMILES string of the molecule is CCOC(=O)CCN(C(N)=O)c1cccc2c(C3CCN(C(=O)O)CC3)cn(C)c12. The van der Waals surface area contributed by atoms with Crippen LogP contribution >= 0.6 is 0 Å². The molecule has 1 fully saturated rings. The summed E-state index contributed by atoms with van der Waals surface area (Å²) in [6, 6.07) is 5.05. The summed E-state index contributed by atoms with van der Waals surface area (Å²) in [5, 5.41) is 10.2. The van der Waals surface area contributed by atoms with Gasteiger partial charge in [-0.25, -0.2) is 9.59 Å². The quantitative estimate of drug-likeness (QED) is 0.702. The van der Waals surface area contributed by atoms with Gasteiger partial charge in [-0.05, 0) is 37.3 Å². The van der Waals surface area contributed by atoms with Crippen LogP contribution in [0.2, 0.25) is 0 Å². The molecule has 1 aromatic heterocycles. The molecule has 0 radical (unpaired) electrons. The van der Waals surface area contributed by atoms with Gasteiger partial charge in [-0.15, -0.1) is 0 Å². The lowest BCUT2D eigenvalue weighted by molar-refractivity contribution is -0.142. The minimum atomic E-state index is -0.882. The van der Waals surface area contributed by atoms with E-state index < -0.39 is 12.1 Å². The maximum Gasteiger partial charge on any atom is 0.407 e. The highest BCUT2D eigenvalue weighted by Gasteiger charge is 2.27. The first-order valence-corrected chi connectivity index (χ1v) is 10.1. The molecule has 1 saturated heterocycles. The largest absolute Gasteiger partial charge is 0.466 e. The Morgan fingerprint density at radius 3 is 2.57 bits per heavy atom. The van der Waals surface area contributed by atoms with Gasteiger partial charge in [-0.1, -0.05) is 12.1 Å². The number of aromatic nitrogens is 1. The second-order valence-electron chi connectivity index (χ2n) is 7.46. The van der Waals surface area contributed by atoms with Crippen LogP contribution in [0.5, 0.6) is 0 Å². The smallest absolute Gasteiger partial charge is 0.407 e. The lowest BCUT2D eigenvalue weighted by Crippen LogP contribution is -2.37. The van der Waals surface area contributed by atoms with Crippen molar-refractivity contribution in [2.45, 2.75) is 32.1 Å². The number of aryl methyl sites for hydroxylation is 1. The Kier molecular flexibility index (Phi) is 6.49. The number of esters is 1. The molecule has 3 rings (SSSR count). The number of likely N-dealkylation sites (tertiary alicyclic amines) is 1. The molecule has 0 bridgehead atoms. The van der Waals surface area contributed by atoms with Crippen LogP contribution in [0.15, 0.2) is 24.4 Å². The van der Waals surface area contributed by atoms with Crippen LogP contribution in [0.25, 0.3) is 10.9 Å². The molecular formula is C21H28N4O5. The third-order valence-electron chi connectivity index (χ3n) is 5.62. The van der Waals surface area contributed by atoms with Gasteiger partial charge in [-0.3, -0.25) is 9.69 Å². The van der Waals surface area contributed by atoms with Crippen molar-refractivity contribution in [2.24, 2.45) is 12.8 Å². The number of hydrogen-bond donors (Lipinski definition) is 2. The van der Waals surface area contributed by atoms with E-state index in [1.165, 1.54) is 9.80 Å². The fourth-order valence-electron chi connectivity index (χ4n) is 4.19. The number of nitrogens with zero attached hydrogens (tertiary/aromatic N) is 3. The van der Waals surface area contributed by atoms with Crippen molar-refractivity contribution in [2.75, 3.05) is 31.1 Å². The van der Waals surface area contributed by atoms with Crippen LogP contribution in [-0.4, -0.2) is 58.9 Å². The first-order chi connectivity index (χ1) is 14.3. The molecule has 0 atom stereocenters. The van der Waals surface area contributed by atoms with Crippen LogP contribution < -0.4 is 10.6 Å². The number of carbonyl (C=O) groups is 3. The number of rotatable bonds is 6. The standard InChI is InChI=1S/C21H28N4O5/c1-3-30-18(26)9-12-25(20(22)27)17-6-4-5-15-16(13-23(2)19(15)17)14-7-10-24(11-8-14)21(28)29/h4-6,13-14H,3,7-12H2,1-2H3,(H2,22,27)(H,28,29). The van der Waals surface area contributed by atoms with Gasteiger partial charge in [0.2, 0.25) is 0 Å². The molecule has 3 N–H and O–H groups in total. The van der Waals surface area contributed by atoms with E-state index in [1.54, 1.807) is 6.92 Å². The summed E-state index contributed by atoms with van der Waals surface area (Å²) in [6.07, 6.45) is 2.71. The zero-order valence-corrected chi connectivity index (χ0v) is 17.3. The van der Waals surface area contributed by atoms with Crippen molar-refractivity contribution in [3.05, 3.63) is 30.0 Å². The number of fused-ring (bicyclic) bond motifs is 1. The van der Waals surface area contributed by atoms with Gasteiger partial charge in [0.05, 0.1) is 24.2 Å². The fraction of sp³-hybridized carbons (Fsp3) is 0.476. The van der Waals surface area contributed by atoms with Gasteiger partial charge in [-0.2, -0.15) is 0 Å². The van der Waals surface area contributed by atoms with Gasteiger partial charge in [0.15, 0.2) is 0 Å². The summed E-state index contributed by atoms with van der Waals surface area (Å²) in [7, 11) is 1.91. The van der Waals surface area contributed by atoms with Gasteiger partial charge in [0.1, 0.15) is 0 Å². The van der Waals surface area contributed by atoms with E-state index in [0.29, 0.717) is 18.8 Å². The second kappa shape index (κ2) is 9.06. The van der Waals surface area contributed by atoms with Crippen molar-refractivity contribution >= 4 is 34.7 Å². The third-order valence-corrected chi connectivity index (χ3v) is 5.62. The Morgan fingerprint density at radius 2 is 1.97 bits per heavy atom. The zero-order valence-electron chi connectivity index (χ0n) is 17.3. The minimum Gasteiger partial charge on any atom is -0.466 e. The predicted octanol–water partition coefficient (Wildman–Crippen LogP) is 2.87. The van der Waals surface area contributed by atoms with E-state index in [9.17, 15) is 19.5 Å². The summed E-state index contributed by atoms with van der Waals surface area (Å²) in [5.41, 5.74) is 8.26. The van der Waals surface area contributed by atoms with Crippen LogP contribution in [0, 0.1) is 0 Å². The number of nitrogens with two attached hydrogens (primary N) is 1. The number of urea groups is 1. The zero-order chi connectivity index (χ0) is 21.8. The number of benzene rings is 1. The Hall–Kier alpha value is -3.23. The lowest BCUT2D eigenvalue weighted by atomic mass is 9.89. The van der Waals surface area contributed by atoms with Crippen molar-refractivity contribution in [3.8, 4) is 0 Å². The third kappa shape index (κ3) is 4.34. The number of ether oxygens (including phenoxy) is 1. The molecule has 0 saturated carbocycles. The molecule has 9 heteroatoms. The molecule has 3 amide bonds. The van der Waals surface area contributed by atoms with Gasteiger partial charge < -0.3 is 25.0 Å². The van der Waals surface area contributed by atoms with E-state index in [1.807, 2.05) is 36.0 Å². The molecule has 30 heavy (non-hydrogen) atoms. The number of piperidine rings is 1. The van der Waals surface area contributed by atoms with Crippen LogP contribution in [0.4, 0.5) is 15.3 Å². The second-order valence-corrected chi connectivity index (χ2v) is 7.46. The molecule has 0 unspecified atom stereocenters. The van der Waals surface area contributed by atoms with E-state index in [2.05, 4.69) is 0 Å². The van der Waals surface area contributed by atoms with Crippen LogP contribution in [0.3, 0.4) is 0 Å². The lowest BCUT2D eigenvalue weighted by Gasteiger charge is -2.30. The number of hydrogen-bond acceptors (Lipinski definition) is 4. The molecule has 0 spiro atoms. The average molecular weight is 416 g/mol. The Labute approximate surface area is 175 Å². The summed E-state index contributed by atoms with van der Waals surface area (Å²) < 4.78 is 6.92. The van der Waals surface area contributed by atoms with Gasteiger partial charge in [0.25, 0.3) is 0 Å².